The Bertz CT molecular complexity index is 735. The van der Waals surface area contributed by atoms with Crippen LogP contribution in [-0.4, -0.2) is 24.9 Å². The van der Waals surface area contributed by atoms with Gasteiger partial charge in [-0.25, -0.2) is 0 Å². The first-order chi connectivity index (χ1) is 10.5. The zero-order chi connectivity index (χ0) is 16.1. The number of rotatable bonds is 6. The highest BCUT2D eigenvalue weighted by Gasteiger charge is 2.10. The number of nitro groups is 1. The number of hydrogen-bond acceptors (Lipinski definition) is 6. The quantitative estimate of drug-likeness (QED) is 0.352. The molecule has 1 aromatic carbocycles. The summed E-state index contributed by atoms with van der Waals surface area (Å²) < 4.78 is 10.3. The molecule has 0 bridgehead atoms. The minimum absolute atomic E-state index is 0.0400. The van der Waals surface area contributed by atoms with Crippen molar-refractivity contribution in [1.82, 2.24) is 0 Å². The fourth-order valence-electron chi connectivity index (χ4n) is 1.77. The maximum atomic E-state index is 12.1. The molecule has 7 heteroatoms. The Morgan fingerprint density at radius 3 is 2.50 bits per heavy atom. The van der Waals surface area contributed by atoms with E-state index in [1.54, 1.807) is 30.3 Å². The van der Waals surface area contributed by atoms with Crippen LogP contribution in [0.25, 0.3) is 6.08 Å². The second-order valence-corrected chi connectivity index (χ2v) is 5.29. The number of allylic oxidation sites excluding steroid dienone is 1. The third-order valence-electron chi connectivity index (χ3n) is 2.86. The highest BCUT2D eigenvalue weighted by Crippen LogP contribution is 2.28. The van der Waals surface area contributed by atoms with E-state index in [2.05, 4.69) is 0 Å². The van der Waals surface area contributed by atoms with Crippen LogP contribution in [-0.2, 0) is 0 Å². The maximum absolute atomic E-state index is 12.1. The van der Waals surface area contributed by atoms with Gasteiger partial charge in [0.15, 0.2) is 17.3 Å². The van der Waals surface area contributed by atoms with Gasteiger partial charge in [0.05, 0.1) is 19.1 Å². The predicted octanol–water partition coefficient (Wildman–Crippen LogP) is 3.57. The molecule has 0 N–H and O–H groups in total. The lowest BCUT2D eigenvalue weighted by Gasteiger charge is -2.07. The molecule has 0 fully saturated rings. The first-order valence-electron chi connectivity index (χ1n) is 6.24. The molecule has 0 saturated carbocycles. The van der Waals surface area contributed by atoms with Crippen molar-refractivity contribution < 1.29 is 19.2 Å². The van der Waals surface area contributed by atoms with Gasteiger partial charge < -0.3 is 9.47 Å². The van der Waals surface area contributed by atoms with E-state index >= 15 is 0 Å². The first kappa shape index (κ1) is 15.7. The summed E-state index contributed by atoms with van der Waals surface area (Å²) in [6, 6.07) is 7.87. The summed E-state index contributed by atoms with van der Waals surface area (Å²) in [4.78, 5) is 22.9. The molecule has 0 aliphatic heterocycles. The van der Waals surface area contributed by atoms with Gasteiger partial charge in [-0.15, -0.1) is 0 Å². The maximum Gasteiger partial charge on any atom is 0.324 e. The van der Waals surface area contributed by atoms with Gasteiger partial charge in [-0.3, -0.25) is 14.9 Å². The molecule has 0 saturated heterocycles. The van der Waals surface area contributed by atoms with Crippen LogP contribution >= 0.6 is 11.3 Å². The van der Waals surface area contributed by atoms with Crippen LogP contribution in [0.5, 0.6) is 11.5 Å². The SMILES string of the molecule is COc1ccc(C(=O)/C=C/c2ccc([N+](=O)[O-])s2)cc1OC. The number of carbonyl (C=O) groups is 1. The molecule has 0 radical (unpaired) electrons. The fraction of sp³-hybridized carbons (Fsp3) is 0.133. The average Bonchev–Trinajstić information content (AvgIpc) is 3.01. The van der Waals surface area contributed by atoms with Crippen molar-refractivity contribution >= 4 is 28.2 Å². The van der Waals surface area contributed by atoms with Crippen molar-refractivity contribution in [2.24, 2.45) is 0 Å². The van der Waals surface area contributed by atoms with E-state index < -0.39 is 4.92 Å². The number of benzene rings is 1. The molecule has 0 aliphatic carbocycles. The van der Waals surface area contributed by atoms with Crippen LogP contribution < -0.4 is 9.47 Å². The van der Waals surface area contributed by atoms with E-state index in [9.17, 15) is 14.9 Å². The van der Waals surface area contributed by atoms with Crippen LogP contribution in [0.3, 0.4) is 0 Å². The smallest absolute Gasteiger partial charge is 0.324 e. The van der Waals surface area contributed by atoms with E-state index in [1.165, 1.54) is 26.4 Å². The number of methoxy groups -OCH3 is 2. The lowest BCUT2D eigenvalue weighted by Crippen LogP contribution is -1.97. The molecule has 1 heterocycles. The Hall–Kier alpha value is -2.67. The van der Waals surface area contributed by atoms with Gasteiger partial charge in [-0.05, 0) is 36.4 Å². The van der Waals surface area contributed by atoms with Crippen LogP contribution in [0.1, 0.15) is 15.2 Å². The molecular weight excluding hydrogens is 306 g/mol. The number of carbonyl (C=O) groups excluding carboxylic acids is 1. The Balaban J connectivity index is 2.17. The lowest BCUT2D eigenvalue weighted by molar-refractivity contribution is -0.380. The van der Waals surface area contributed by atoms with Gasteiger partial charge in [-0.2, -0.15) is 0 Å². The minimum Gasteiger partial charge on any atom is -0.493 e. The second kappa shape index (κ2) is 6.86. The Morgan fingerprint density at radius 2 is 1.91 bits per heavy atom. The molecule has 0 amide bonds. The topological polar surface area (TPSA) is 78.7 Å². The largest absolute Gasteiger partial charge is 0.493 e. The summed E-state index contributed by atoms with van der Waals surface area (Å²) in [6.07, 6.45) is 2.92. The zero-order valence-corrected chi connectivity index (χ0v) is 12.8. The van der Waals surface area contributed by atoms with Crippen molar-refractivity contribution in [2.45, 2.75) is 0 Å². The highest BCUT2D eigenvalue weighted by atomic mass is 32.1. The third-order valence-corrected chi connectivity index (χ3v) is 3.86. The fourth-order valence-corrected chi connectivity index (χ4v) is 2.50. The molecule has 2 aromatic rings. The number of nitrogens with zero attached hydrogens (tertiary/aromatic N) is 1. The summed E-state index contributed by atoms with van der Waals surface area (Å²) in [5.74, 6) is 0.780. The van der Waals surface area contributed by atoms with E-state index in [-0.39, 0.29) is 10.8 Å². The summed E-state index contributed by atoms with van der Waals surface area (Å²) >= 11 is 1.01. The van der Waals surface area contributed by atoms with Crippen molar-refractivity contribution in [3.8, 4) is 11.5 Å². The number of ether oxygens (including phenoxy) is 2. The normalized spacial score (nSPS) is 10.6. The lowest BCUT2D eigenvalue weighted by atomic mass is 10.1. The Morgan fingerprint density at radius 1 is 1.18 bits per heavy atom. The number of hydrogen-bond donors (Lipinski definition) is 0. The molecule has 2 rings (SSSR count). The van der Waals surface area contributed by atoms with Gasteiger partial charge in [-0.1, -0.05) is 11.3 Å². The molecule has 1 aromatic heterocycles. The van der Waals surface area contributed by atoms with E-state index in [0.29, 0.717) is 21.9 Å². The van der Waals surface area contributed by atoms with Gasteiger partial charge in [0.25, 0.3) is 0 Å². The van der Waals surface area contributed by atoms with Crippen molar-refractivity contribution in [2.75, 3.05) is 14.2 Å². The molecular formula is C15H13NO5S. The molecule has 0 aliphatic rings. The number of ketones is 1. The second-order valence-electron chi connectivity index (χ2n) is 4.20. The first-order valence-corrected chi connectivity index (χ1v) is 7.05. The molecule has 114 valence electrons. The van der Waals surface area contributed by atoms with E-state index in [1.807, 2.05) is 0 Å². The molecule has 22 heavy (non-hydrogen) atoms. The van der Waals surface area contributed by atoms with Crippen molar-refractivity contribution in [3.63, 3.8) is 0 Å². The van der Waals surface area contributed by atoms with Gasteiger partial charge in [0, 0.05) is 16.5 Å². The van der Waals surface area contributed by atoms with Crippen molar-refractivity contribution in [3.05, 3.63) is 57.0 Å². The van der Waals surface area contributed by atoms with Crippen LogP contribution in [0.2, 0.25) is 0 Å². The van der Waals surface area contributed by atoms with Gasteiger partial charge in [0.2, 0.25) is 0 Å². The summed E-state index contributed by atoms with van der Waals surface area (Å²) in [6.45, 7) is 0. The average molecular weight is 319 g/mol. The summed E-state index contributed by atoms with van der Waals surface area (Å²) in [7, 11) is 3.01. The van der Waals surface area contributed by atoms with Gasteiger partial charge >= 0.3 is 5.00 Å². The number of thiophene rings is 1. The predicted molar refractivity (Wildman–Crippen MR) is 83.9 cm³/mol. The van der Waals surface area contributed by atoms with Crippen LogP contribution in [0.15, 0.2) is 36.4 Å². The summed E-state index contributed by atoms with van der Waals surface area (Å²) in [5.41, 5.74) is 0.444. The monoisotopic (exact) mass is 319 g/mol. The Kier molecular flexibility index (Phi) is 4.90. The molecule has 0 atom stereocenters. The van der Waals surface area contributed by atoms with Crippen LogP contribution in [0.4, 0.5) is 5.00 Å². The summed E-state index contributed by atoms with van der Waals surface area (Å²) in [5, 5.41) is 10.6. The molecule has 0 spiro atoms. The molecule has 6 nitrogen and oxygen atoms in total. The van der Waals surface area contributed by atoms with Crippen molar-refractivity contribution in [1.29, 1.82) is 0 Å². The third kappa shape index (κ3) is 3.50. The Labute approximate surface area is 130 Å². The highest BCUT2D eigenvalue weighted by molar-refractivity contribution is 7.16. The molecule has 0 unspecified atom stereocenters. The van der Waals surface area contributed by atoms with E-state index in [4.69, 9.17) is 9.47 Å². The van der Waals surface area contributed by atoms with Crippen LogP contribution in [0, 0.1) is 10.1 Å². The van der Waals surface area contributed by atoms with Gasteiger partial charge in [0.1, 0.15) is 0 Å². The minimum atomic E-state index is -0.460. The zero-order valence-electron chi connectivity index (χ0n) is 11.9. The van der Waals surface area contributed by atoms with E-state index in [0.717, 1.165) is 11.3 Å². The standard InChI is InChI=1S/C15H13NO5S/c1-20-13-7-3-10(9-14(13)21-2)12(17)6-4-11-5-8-15(22-11)16(18)19/h3-9H,1-2H3/b6-4+.